The standard InChI is InChI=1S/C10H24N2O3S/c1-5-10(8-15-4)12-16(13,14)7-6-11-9(2)3/h9-12H,5-8H2,1-4H3. The summed E-state index contributed by atoms with van der Waals surface area (Å²) in [7, 11) is -1.64. The second kappa shape index (κ2) is 8.00. The van der Waals surface area contributed by atoms with E-state index < -0.39 is 10.0 Å². The van der Waals surface area contributed by atoms with Crippen molar-refractivity contribution in [1.82, 2.24) is 10.0 Å². The maximum absolute atomic E-state index is 11.6. The normalized spacial score (nSPS) is 14.3. The second-order valence-electron chi connectivity index (χ2n) is 4.11. The van der Waals surface area contributed by atoms with Gasteiger partial charge in [-0.15, -0.1) is 0 Å². The van der Waals surface area contributed by atoms with Crippen molar-refractivity contribution in [2.24, 2.45) is 0 Å². The summed E-state index contributed by atoms with van der Waals surface area (Å²) in [5.74, 6) is 0.103. The summed E-state index contributed by atoms with van der Waals surface area (Å²) < 4.78 is 30.9. The van der Waals surface area contributed by atoms with E-state index in [-0.39, 0.29) is 11.8 Å². The van der Waals surface area contributed by atoms with E-state index in [0.717, 1.165) is 6.42 Å². The number of ether oxygens (including phenoxy) is 1. The highest BCUT2D eigenvalue weighted by Gasteiger charge is 2.15. The molecule has 0 rings (SSSR count). The molecule has 0 aliphatic heterocycles. The summed E-state index contributed by atoms with van der Waals surface area (Å²) in [6.07, 6.45) is 0.727. The summed E-state index contributed by atoms with van der Waals surface area (Å²) in [5.41, 5.74) is 0. The van der Waals surface area contributed by atoms with Gasteiger partial charge >= 0.3 is 0 Å². The Morgan fingerprint density at radius 3 is 2.38 bits per heavy atom. The Balaban J connectivity index is 4.02. The minimum Gasteiger partial charge on any atom is -0.383 e. The predicted octanol–water partition coefficient (Wildman–Crippen LogP) is 0.329. The topological polar surface area (TPSA) is 67.4 Å². The quantitative estimate of drug-likeness (QED) is 0.620. The summed E-state index contributed by atoms with van der Waals surface area (Å²) in [6.45, 7) is 6.78. The van der Waals surface area contributed by atoms with E-state index in [4.69, 9.17) is 4.74 Å². The van der Waals surface area contributed by atoms with Crippen molar-refractivity contribution >= 4 is 10.0 Å². The van der Waals surface area contributed by atoms with Crippen molar-refractivity contribution in [2.75, 3.05) is 26.0 Å². The smallest absolute Gasteiger partial charge is 0.213 e. The number of sulfonamides is 1. The minimum atomic E-state index is -3.20. The van der Waals surface area contributed by atoms with Crippen LogP contribution in [0.4, 0.5) is 0 Å². The Hall–Kier alpha value is -0.170. The maximum Gasteiger partial charge on any atom is 0.213 e. The molecule has 0 spiro atoms. The molecule has 0 fully saturated rings. The Morgan fingerprint density at radius 2 is 1.94 bits per heavy atom. The highest BCUT2D eigenvalue weighted by Crippen LogP contribution is 1.95. The van der Waals surface area contributed by atoms with Crippen LogP contribution < -0.4 is 10.0 Å². The molecule has 98 valence electrons. The summed E-state index contributed by atoms with van der Waals surface area (Å²) in [5, 5.41) is 3.07. The van der Waals surface area contributed by atoms with Gasteiger partial charge in [0.15, 0.2) is 0 Å². The molecule has 0 amide bonds. The van der Waals surface area contributed by atoms with Gasteiger partial charge in [0, 0.05) is 25.7 Å². The Morgan fingerprint density at radius 1 is 1.31 bits per heavy atom. The van der Waals surface area contributed by atoms with E-state index in [9.17, 15) is 8.42 Å². The molecule has 1 atom stereocenters. The number of rotatable bonds is 9. The molecule has 0 radical (unpaired) electrons. The molecule has 0 aliphatic rings. The van der Waals surface area contributed by atoms with Gasteiger partial charge in [0.1, 0.15) is 0 Å². The first kappa shape index (κ1) is 15.8. The highest BCUT2D eigenvalue weighted by atomic mass is 32.2. The Bertz CT molecular complexity index is 265. The van der Waals surface area contributed by atoms with E-state index >= 15 is 0 Å². The van der Waals surface area contributed by atoms with Crippen molar-refractivity contribution in [3.8, 4) is 0 Å². The minimum absolute atomic E-state index is 0.103. The number of nitrogens with one attached hydrogen (secondary N) is 2. The van der Waals surface area contributed by atoms with Gasteiger partial charge in [0.2, 0.25) is 10.0 Å². The Kier molecular flexibility index (Phi) is 7.91. The fraction of sp³-hybridized carbons (Fsp3) is 1.00. The van der Waals surface area contributed by atoms with Crippen LogP contribution in [0.5, 0.6) is 0 Å². The monoisotopic (exact) mass is 252 g/mol. The van der Waals surface area contributed by atoms with E-state index in [0.29, 0.717) is 19.2 Å². The van der Waals surface area contributed by atoms with Crippen LogP contribution in [0.15, 0.2) is 0 Å². The molecule has 2 N–H and O–H groups in total. The first-order valence-corrected chi connectivity index (χ1v) is 7.28. The van der Waals surface area contributed by atoms with Gasteiger partial charge in [-0.3, -0.25) is 0 Å². The maximum atomic E-state index is 11.6. The first-order valence-electron chi connectivity index (χ1n) is 5.63. The molecule has 0 aromatic rings. The molecule has 0 aromatic carbocycles. The predicted molar refractivity (Wildman–Crippen MR) is 66.0 cm³/mol. The van der Waals surface area contributed by atoms with Crippen LogP contribution >= 0.6 is 0 Å². The zero-order chi connectivity index (χ0) is 12.6. The van der Waals surface area contributed by atoms with Gasteiger partial charge in [-0.25, -0.2) is 13.1 Å². The molecule has 0 saturated carbocycles. The summed E-state index contributed by atoms with van der Waals surface area (Å²) in [6, 6.07) is 0.171. The van der Waals surface area contributed by atoms with Crippen molar-refractivity contribution < 1.29 is 13.2 Å². The van der Waals surface area contributed by atoms with Gasteiger partial charge in [-0.2, -0.15) is 0 Å². The van der Waals surface area contributed by atoms with Gasteiger partial charge in [-0.1, -0.05) is 20.8 Å². The molecule has 6 heteroatoms. The molecule has 0 heterocycles. The summed E-state index contributed by atoms with van der Waals surface area (Å²) >= 11 is 0. The lowest BCUT2D eigenvalue weighted by atomic mass is 10.3. The van der Waals surface area contributed by atoms with E-state index in [2.05, 4.69) is 10.0 Å². The molecule has 0 saturated heterocycles. The van der Waals surface area contributed by atoms with Gasteiger partial charge in [0.05, 0.1) is 12.4 Å². The van der Waals surface area contributed by atoms with E-state index in [1.54, 1.807) is 7.11 Å². The van der Waals surface area contributed by atoms with E-state index in [1.165, 1.54) is 0 Å². The third-order valence-electron chi connectivity index (χ3n) is 2.13. The summed E-state index contributed by atoms with van der Waals surface area (Å²) in [4.78, 5) is 0. The van der Waals surface area contributed by atoms with Gasteiger partial charge in [0.25, 0.3) is 0 Å². The SMILES string of the molecule is CCC(COC)NS(=O)(=O)CCNC(C)C. The molecular weight excluding hydrogens is 228 g/mol. The molecular formula is C10H24N2O3S. The third-order valence-corrected chi connectivity index (χ3v) is 3.56. The zero-order valence-corrected chi connectivity index (χ0v) is 11.4. The van der Waals surface area contributed by atoms with Crippen molar-refractivity contribution in [2.45, 2.75) is 39.3 Å². The van der Waals surface area contributed by atoms with Crippen molar-refractivity contribution in [3.63, 3.8) is 0 Å². The molecule has 16 heavy (non-hydrogen) atoms. The third kappa shape index (κ3) is 8.04. The molecule has 5 nitrogen and oxygen atoms in total. The molecule has 1 unspecified atom stereocenters. The fourth-order valence-electron chi connectivity index (χ4n) is 1.23. The molecule has 0 aliphatic carbocycles. The van der Waals surface area contributed by atoms with Crippen LogP contribution in [-0.4, -0.2) is 46.5 Å². The van der Waals surface area contributed by atoms with Gasteiger partial charge < -0.3 is 10.1 Å². The average molecular weight is 252 g/mol. The fourth-order valence-corrected chi connectivity index (χ4v) is 2.48. The van der Waals surface area contributed by atoms with Crippen LogP contribution in [0.25, 0.3) is 0 Å². The lowest BCUT2D eigenvalue weighted by Crippen LogP contribution is -2.41. The van der Waals surface area contributed by atoms with Crippen LogP contribution in [0.2, 0.25) is 0 Å². The number of methoxy groups -OCH3 is 1. The van der Waals surface area contributed by atoms with Crippen LogP contribution in [0, 0.1) is 0 Å². The van der Waals surface area contributed by atoms with Crippen molar-refractivity contribution in [1.29, 1.82) is 0 Å². The molecule has 0 bridgehead atoms. The van der Waals surface area contributed by atoms with E-state index in [1.807, 2.05) is 20.8 Å². The largest absolute Gasteiger partial charge is 0.383 e. The molecule has 0 aromatic heterocycles. The lowest BCUT2D eigenvalue weighted by Gasteiger charge is -2.16. The zero-order valence-electron chi connectivity index (χ0n) is 10.6. The van der Waals surface area contributed by atoms with Crippen LogP contribution in [-0.2, 0) is 14.8 Å². The van der Waals surface area contributed by atoms with Gasteiger partial charge in [-0.05, 0) is 6.42 Å². The first-order chi connectivity index (χ1) is 7.41. The number of hydrogen-bond donors (Lipinski definition) is 2. The lowest BCUT2D eigenvalue weighted by molar-refractivity contribution is 0.173. The Labute approximate surface area is 99.0 Å². The van der Waals surface area contributed by atoms with Crippen molar-refractivity contribution in [3.05, 3.63) is 0 Å². The average Bonchev–Trinajstić information content (AvgIpc) is 2.15. The number of hydrogen-bond acceptors (Lipinski definition) is 4. The van der Waals surface area contributed by atoms with Crippen LogP contribution in [0.1, 0.15) is 27.2 Å². The second-order valence-corrected chi connectivity index (χ2v) is 5.98. The van der Waals surface area contributed by atoms with Crippen LogP contribution in [0.3, 0.4) is 0 Å². The highest BCUT2D eigenvalue weighted by molar-refractivity contribution is 7.89.